The van der Waals surface area contributed by atoms with Crippen molar-refractivity contribution in [2.45, 2.75) is 52.8 Å². The van der Waals surface area contributed by atoms with Crippen molar-refractivity contribution in [2.24, 2.45) is 0 Å². The summed E-state index contributed by atoms with van der Waals surface area (Å²) in [5, 5.41) is 4.48. The van der Waals surface area contributed by atoms with Gasteiger partial charge in [-0.3, -0.25) is 4.68 Å². The zero-order chi connectivity index (χ0) is 17.9. The maximum absolute atomic E-state index is 12.3. The monoisotopic (exact) mass is 335 g/mol. The second kappa shape index (κ2) is 7.07. The molecule has 0 unspecified atom stereocenters. The van der Waals surface area contributed by atoms with Gasteiger partial charge in [-0.05, 0) is 27.7 Å². The van der Waals surface area contributed by atoms with E-state index in [9.17, 15) is 9.59 Å². The van der Waals surface area contributed by atoms with Gasteiger partial charge in [0.15, 0.2) is 5.69 Å². The Morgan fingerprint density at radius 1 is 1.38 bits per heavy atom. The van der Waals surface area contributed by atoms with E-state index in [1.807, 2.05) is 20.8 Å². The molecule has 0 fully saturated rings. The van der Waals surface area contributed by atoms with Crippen molar-refractivity contribution in [1.29, 1.82) is 0 Å². The molecule has 7 nitrogen and oxygen atoms in total. The van der Waals surface area contributed by atoms with Gasteiger partial charge in [-0.2, -0.15) is 5.10 Å². The summed E-state index contributed by atoms with van der Waals surface area (Å²) in [6.07, 6.45) is 1.86. The Morgan fingerprint density at radius 2 is 2.08 bits per heavy atom. The van der Waals surface area contributed by atoms with Crippen LogP contribution in [0.15, 0.2) is 12.7 Å². The average molecular weight is 335 g/mol. The zero-order valence-electron chi connectivity index (χ0n) is 14.8. The highest BCUT2D eigenvalue weighted by atomic mass is 16.6. The Kier molecular flexibility index (Phi) is 5.31. The number of hydrogen-bond donors (Lipinski definition) is 0. The number of ether oxygens (including phenoxy) is 2. The van der Waals surface area contributed by atoms with Crippen molar-refractivity contribution < 1.29 is 19.1 Å². The topological polar surface area (TPSA) is 73.7 Å². The van der Waals surface area contributed by atoms with Crippen molar-refractivity contribution in [1.82, 2.24) is 14.7 Å². The molecule has 0 aromatic carbocycles. The van der Waals surface area contributed by atoms with Crippen LogP contribution < -0.4 is 0 Å². The number of amides is 1. The third-order valence-corrected chi connectivity index (χ3v) is 3.52. The van der Waals surface area contributed by atoms with E-state index in [1.54, 1.807) is 22.6 Å². The predicted molar refractivity (Wildman–Crippen MR) is 88.7 cm³/mol. The van der Waals surface area contributed by atoms with Gasteiger partial charge in [-0.1, -0.05) is 6.08 Å². The van der Waals surface area contributed by atoms with E-state index in [1.165, 1.54) is 0 Å². The molecule has 0 radical (unpaired) electrons. The summed E-state index contributed by atoms with van der Waals surface area (Å²) >= 11 is 0. The second-order valence-electron chi connectivity index (χ2n) is 6.62. The fourth-order valence-electron chi connectivity index (χ4n) is 2.59. The first-order valence-corrected chi connectivity index (χ1v) is 8.11. The first-order chi connectivity index (χ1) is 11.3. The van der Waals surface area contributed by atoms with Gasteiger partial charge < -0.3 is 14.4 Å². The number of nitrogens with zero attached hydrogens (tertiary/aromatic N) is 3. The molecule has 0 saturated heterocycles. The van der Waals surface area contributed by atoms with E-state index in [0.29, 0.717) is 25.2 Å². The van der Waals surface area contributed by atoms with Crippen LogP contribution in [-0.2, 0) is 29.0 Å². The minimum absolute atomic E-state index is 0.280. The van der Waals surface area contributed by atoms with Crippen LogP contribution in [0.3, 0.4) is 0 Å². The maximum Gasteiger partial charge on any atom is 0.410 e. The molecule has 1 aromatic heterocycles. The molecule has 0 atom stereocenters. The molecular weight excluding hydrogens is 310 g/mol. The predicted octanol–water partition coefficient (Wildman–Crippen LogP) is 2.54. The minimum atomic E-state index is -0.561. The Labute approximate surface area is 142 Å². The molecule has 1 aliphatic heterocycles. The normalized spacial score (nSPS) is 14.1. The highest BCUT2D eigenvalue weighted by molar-refractivity contribution is 5.90. The van der Waals surface area contributed by atoms with Gasteiger partial charge in [-0.15, -0.1) is 6.58 Å². The smallest absolute Gasteiger partial charge is 0.410 e. The Morgan fingerprint density at radius 3 is 2.67 bits per heavy atom. The Balaban J connectivity index is 2.30. The molecule has 0 spiro atoms. The maximum atomic E-state index is 12.3. The van der Waals surface area contributed by atoms with E-state index in [2.05, 4.69) is 11.7 Å². The summed E-state index contributed by atoms with van der Waals surface area (Å²) in [4.78, 5) is 26.2. The fourth-order valence-corrected chi connectivity index (χ4v) is 2.59. The van der Waals surface area contributed by atoms with Gasteiger partial charge in [-0.25, -0.2) is 9.59 Å². The number of carbonyl (C=O) groups is 2. The number of rotatable bonds is 4. The van der Waals surface area contributed by atoms with Crippen molar-refractivity contribution in [3.63, 3.8) is 0 Å². The first kappa shape index (κ1) is 18.0. The molecule has 0 saturated carbocycles. The lowest BCUT2D eigenvalue weighted by Gasteiger charge is -2.29. The molecule has 1 aromatic rings. The van der Waals surface area contributed by atoms with Gasteiger partial charge in [0, 0.05) is 18.5 Å². The molecule has 7 heteroatoms. The third-order valence-electron chi connectivity index (χ3n) is 3.52. The lowest BCUT2D eigenvalue weighted by molar-refractivity contribution is 0.0220. The van der Waals surface area contributed by atoms with E-state index in [4.69, 9.17) is 9.47 Å². The Hall–Kier alpha value is -2.31. The highest BCUT2D eigenvalue weighted by Gasteiger charge is 2.32. The molecule has 0 N–H and O–H groups in total. The molecule has 0 aliphatic carbocycles. The summed E-state index contributed by atoms with van der Waals surface area (Å²) < 4.78 is 12.2. The van der Waals surface area contributed by atoms with Crippen LogP contribution in [0.2, 0.25) is 0 Å². The summed E-state index contributed by atoms with van der Waals surface area (Å²) in [7, 11) is 0. The molecule has 0 bridgehead atoms. The Bertz CT molecular complexity index is 643. The number of hydrogen-bond acceptors (Lipinski definition) is 5. The van der Waals surface area contributed by atoms with Crippen LogP contribution in [0.25, 0.3) is 0 Å². The first-order valence-electron chi connectivity index (χ1n) is 8.11. The molecule has 2 rings (SSSR count). The summed E-state index contributed by atoms with van der Waals surface area (Å²) in [6, 6.07) is 0. The molecule has 2 heterocycles. The third kappa shape index (κ3) is 3.96. The number of fused-ring (bicyclic) bond motifs is 1. The molecule has 1 aliphatic rings. The van der Waals surface area contributed by atoms with Crippen LogP contribution >= 0.6 is 0 Å². The number of allylic oxidation sites excluding steroid dienone is 1. The van der Waals surface area contributed by atoms with Crippen LogP contribution in [0, 0.1) is 0 Å². The van der Waals surface area contributed by atoms with Crippen LogP contribution in [0.1, 0.15) is 49.4 Å². The summed E-state index contributed by atoms with van der Waals surface area (Å²) in [5.74, 6) is -0.431. The quantitative estimate of drug-likeness (QED) is 0.624. The number of aromatic nitrogens is 2. The van der Waals surface area contributed by atoms with Gasteiger partial charge in [0.1, 0.15) is 5.60 Å². The minimum Gasteiger partial charge on any atom is -0.461 e. The van der Waals surface area contributed by atoms with E-state index in [0.717, 1.165) is 11.3 Å². The fraction of sp³-hybridized carbons (Fsp3) is 0.588. The lowest BCUT2D eigenvalue weighted by Crippen LogP contribution is -2.40. The van der Waals surface area contributed by atoms with Gasteiger partial charge in [0.05, 0.1) is 25.4 Å². The van der Waals surface area contributed by atoms with Crippen LogP contribution in [0.5, 0.6) is 0 Å². The standard InChI is InChI=1S/C17H25N3O4/c1-6-9-20-14(15(21)23-7-2)12-11-19(10-8-13(12)18-20)16(22)24-17(3,4)5/h6H,1,7-11H2,2-5H3. The van der Waals surface area contributed by atoms with Crippen molar-refractivity contribution in [2.75, 3.05) is 13.2 Å². The molecular formula is C17H25N3O4. The van der Waals surface area contributed by atoms with Crippen molar-refractivity contribution in [3.8, 4) is 0 Å². The lowest BCUT2D eigenvalue weighted by atomic mass is 10.1. The van der Waals surface area contributed by atoms with E-state index >= 15 is 0 Å². The van der Waals surface area contributed by atoms with Crippen LogP contribution in [-0.4, -0.2) is 45.5 Å². The largest absolute Gasteiger partial charge is 0.461 e. The number of carbonyl (C=O) groups excluding carboxylic acids is 2. The number of esters is 1. The highest BCUT2D eigenvalue weighted by Crippen LogP contribution is 2.24. The van der Waals surface area contributed by atoms with E-state index < -0.39 is 11.6 Å². The molecule has 1 amide bonds. The molecule has 132 valence electrons. The summed E-state index contributed by atoms with van der Waals surface area (Å²) in [5.41, 5.74) is 1.38. The molecule has 24 heavy (non-hydrogen) atoms. The zero-order valence-corrected chi connectivity index (χ0v) is 14.8. The van der Waals surface area contributed by atoms with Crippen molar-refractivity contribution in [3.05, 3.63) is 29.6 Å². The summed E-state index contributed by atoms with van der Waals surface area (Å²) in [6.45, 7) is 12.4. The van der Waals surface area contributed by atoms with Crippen molar-refractivity contribution >= 4 is 12.1 Å². The second-order valence-corrected chi connectivity index (χ2v) is 6.62. The van der Waals surface area contributed by atoms with Crippen LogP contribution in [0.4, 0.5) is 4.79 Å². The SMILES string of the molecule is C=CCn1nc2c(c1C(=O)OCC)CN(C(=O)OC(C)(C)C)CC2. The van der Waals surface area contributed by atoms with E-state index in [-0.39, 0.29) is 19.2 Å². The van der Waals surface area contributed by atoms with Gasteiger partial charge in [0.25, 0.3) is 0 Å². The van der Waals surface area contributed by atoms with Gasteiger partial charge >= 0.3 is 12.1 Å². The average Bonchev–Trinajstić information content (AvgIpc) is 2.83. The van der Waals surface area contributed by atoms with Gasteiger partial charge in [0.2, 0.25) is 0 Å².